The van der Waals surface area contributed by atoms with E-state index in [4.69, 9.17) is 18.6 Å². The zero-order chi connectivity index (χ0) is 27.1. The summed E-state index contributed by atoms with van der Waals surface area (Å²) < 4.78 is 22.7. The molecule has 2 aromatic carbocycles. The number of carbonyl (C=O) groups excluding carboxylic acids is 2. The molecule has 1 fully saturated rings. The Kier molecular flexibility index (Phi) is 8.73. The highest BCUT2D eigenvalue weighted by molar-refractivity contribution is 6.46. The zero-order valence-corrected chi connectivity index (χ0v) is 21.9. The molecule has 1 N–H and O–H groups in total. The molecule has 1 aliphatic heterocycles. The van der Waals surface area contributed by atoms with Gasteiger partial charge in [-0.3, -0.25) is 9.59 Å². The van der Waals surface area contributed by atoms with E-state index in [2.05, 4.69) is 6.92 Å². The minimum absolute atomic E-state index is 0.00665. The first-order valence-electron chi connectivity index (χ1n) is 12.9. The molecule has 2 heterocycles. The Morgan fingerprint density at radius 2 is 1.71 bits per heavy atom. The molecule has 0 aliphatic carbocycles. The number of ether oxygens (including phenoxy) is 3. The van der Waals surface area contributed by atoms with E-state index >= 15 is 0 Å². The normalized spacial score (nSPS) is 16.6. The third-order valence-corrected chi connectivity index (χ3v) is 6.22. The number of rotatable bonds is 12. The van der Waals surface area contributed by atoms with Crippen LogP contribution in [0.2, 0.25) is 0 Å². The van der Waals surface area contributed by atoms with Crippen LogP contribution in [0.3, 0.4) is 0 Å². The molecule has 38 heavy (non-hydrogen) atoms. The van der Waals surface area contributed by atoms with Crippen LogP contribution in [0.25, 0.3) is 5.76 Å². The molecule has 3 aromatic rings. The van der Waals surface area contributed by atoms with Gasteiger partial charge in [-0.25, -0.2) is 0 Å². The van der Waals surface area contributed by atoms with E-state index in [0.717, 1.165) is 12.8 Å². The first-order chi connectivity index (χ1) is 18.5. The van der Waals surface area contributed by atoms with Gasteiger partial charge in [-0.05, 0) is 74.4 Å². The van der Waals surface area contributed by atoms with Crippen LogP contribution < -0.4 is 14.2 Å². The Morgan fingerprint density at radius 3 is 2.37 bits per heavy atom. The number of aliphatic hydroxyl groups excluding tert-OH is 1. The molecule has 1 aromatic heterocycles. The highest BCUT2D eigenvalue weighted by atomic mass is 16.5. The lowest BCUT2D eigenvalue weighted by Crippen LogP contribution is -2.29. The van der Waals surface area contributed by atoms with Crippen LogP contribution in [0, 0.1) is 0 Å². The van der Waals surface area contributed by atoms with Crippen LogP contribution >= 0.6 is 0 Å². The maximum atomic E-state index is 13.3. The zero-order valence-electron chi connectivity index (χ0n) is 21.9. The summed E-state index contributed by atoms with van der Waals surface area (Å²) in [5.74, 6) is 0.486. The Morgan fingerprint density at radius 1 is 0.947 bits per heavy atom. The molecule has 1 unspecified atom stereocenters. The SMILES string of the molecule is CCCCOc1ccc(C2/C(=C(\O)c3ccc(OCC)cc3)C(=O)C(=O)N2Cc2ccco2)cc1OCC. The van der Waals surface area contributed by atoms with Gasteiger partial charge in [0.25, 0.3) is 11.7 Å². The van der Waals surface area contributed by atoms with E-state index in [1.54, 1.807) is 54.6 Å². The number of unbranched alkanes of at least 4 members (excludes halogenated alkanes) is 1. The largest absolute Gasteiger partial charge is 0.507 e. The third kappa shape index (κ3) is 5.69. The summed E-state index contributed by atoms with van der Waals surface area (Å²) in [5.41, 5.74) is 1.00. The van der Waals surface area contributed by atoms with Gasteiger partial charge in [-0.2, -0.15) is 0 Å². The van der Waals surface area contributed by atoms with Crippen molar-refractivity contribution in [2.75, 3.05) is 19.8 Å². The van der Waals surface area contributed by atoms with E-state index in [1.165, 1.54) is 11.2 Å². The molecule has 200 valence electrons. The fourth-order valence-corrected chi connectivity index (χ4v) is 4.40. The molecule has 1 atom stereocenters. The molecule has 0 spiro atoms. The minimum Gasteiger partial charge on any atom is -0.507 e. The summed E-state index contributed by atoms with van der Waals surface area (Å²) in [6.07, 6.45) is 3.41. The fourth-order valence-electron chi connectivity index (χ4n) is 4.40. The van der Waals surface area contributed by atoms with E-state index in [1.807, 2.05) is 13.8 Å². The monoisotopic (exact) mass is 519 g/mol. The van der Waals surface area contributed by atoms with Crippen LogP contribution in [0.1, 0.15) is 56.5 Å². The van der Waals surface area contributed by atoms with Crippen molar-refractivity contribution in [2.45, 2.75) is 46.2 Å². The maximum Gasteiger partial charge on any atom is 0.296 e. The number of hydrogen-bond acceptors (Lipinski definition) is 7. The summed E-state index contributed by atoms with van der Waals surface area (Å²) in [6.45, 7) is 7.35. The average molecular weight is 520 g/mol. The number of likely N-dealkylation sites (tertiary alicyclic amines) is 1. The molecule has 4 rings (SSSR count). The van der Waals surface area contributed by atoms with Gasteiger partial charge in [0.15, 0.2) is 11.5 Å². The molecule has 8 heteroatoms. The lowest BCUT2D eigenvalue weighted by molar-refractivity contribution is -0.140. The Hall–Kier alpha value is -4.20. The summed E-state index contributed by atoms with van der Waals surface area (Å²) >= 11 is 0. The number of aliphatic hydroxyl groups is 1. The van der Waals surface area contributed by atoms with Crippen LogP contribution in [0.4, 0.5) is 0 Å². The molecule has 0 saturated carbocycles. The molecule has 0 radical (unpaired) electrons. The number of furan rings is 1. The van der Waals surface area contributed by atoms with Crippen molar-refractivity contribution in [2.24, 2.45) is 0 Å². The predicted molar refractivity (Wildman–Crippen MR) is 142 cm³/mol. The molecule has 1 aliphatic rings. The molecule has 1 amide bonds. The number of nitrogens with zero attached hydrogens (tertiary/aromatic N) is 1. The summed E-state index contributed by atoms with van der Waals surface area (Å²) in [6, 6.07) is 14.7. The molecular weight excluding hydrogens is 486 g/mol. The van der Waals surface area contributed by atoms with Crippen LogP contribution in [0.5, 0.6) is 17.2 Å². The van der Waals surface area contributed by atoms with Crippen molar-refractivity contribution in [3.8, 4) is 17.2 Å². The van der Waals surface area contributed by atoms with Crippen molar-refractivity contribution < 1.29 is 33.3 Å². The lowest BCUT2D eigenvalue weighted by atomic mass is 9.95. The lowest BCUT2D eigenvalue weighted by Gasteiger charge is -2.25. The number of benzene rings is 2. The number of amides is 1. The van der Waals surface area contributed by atoms with Gasteiger partial charge in [0, 0.05) is 5.56 Å². The van der Waals surface area contributed by atoms with Gasteiger partial charge in [0.2, 0.25) is 0 Å². The van der Waals surface area contributed by atoms with Gasteiger partial charge in [0.05, 0.1) is 44.2 Å². The predicted octanol–water partition coefficient (Wildman–Crippen LogP) is 5.88. The van der Waals surface area contributed by atoms with E-state index in [9.17, 15) is 14.7 Å². The second kappa shape index (κ2) is 12.4. The quantitative estimate of drug-likeness (QED) is 0.138. The van der Waals surface area contributed by atoms with Gasteiger partial charge in [-0.15, -0.1) is 0 Å². The Bertz CT molecular complexity index is 1280. The molecule has 8 nitrogen and oxygen atoms in total. The number of hydrogen-bond donors (Lipinski definition) is 1. The van der Waals surface area contributed by atoms with Crippen LogP contribution in [-0.2, 0) is 16.1 Å². The van der Waals surface area contributed by atoms with Crippen molar-refractivity contribution in [3.05, 3.63) is 83.3 Å². The van der Waals surface area contributed by atoms with Crippen molar-refractivity contribution in [3.63, 3.8) is 0 Å². The Labute approximate surface area is 222 Å². The van der Waals surface area contributed by atoms with Crippen LogP contribution in [0.15, 0.2) is 70.9 Å². The van der Waals surface area contributed by atoms with Gasteiger partial charge in [0.1, 0.15) is 17.3 Å². The third-order valence-electron chi connectivity index (χ3n) is 6.22. The smallest absolute Gasteiger partial charge is 0.296 e. The second-order valence-electron chi connectivity index (χ2n) is 8.80. The summed E-state index contributed by atoms with van der Waals surface area (Å²) in [5, 5.41) is 11.3. The first-order valence-corrected chi connectivity index (χ1v) is 12.9. The molecular formula is C30H33NO7. The molecule has 0 bridgehead atoms. The van der Waals surface area contributed by atoms with E-state index in [0.29, 0.717) is 54.0 Å². The van der Waals surface area contributed by atoms with Gasteiger partial charge in [-0.1, -0.05) is 19.4 Å². The van der Waals surface area contributed by atoms with Crippen molar-refractivity contribution in [1.29, 1.82) is 0 Å². The van der Waals surface area contributed by atoms with Crippen LogP contribution in [-0.4, -0.2) is 41.5 Å². The first kappa shape index (κ1) is 26.9. The summed E-state index contributed by atoms with van der Waals surface area (Å²) in [4.78, 5) is 28.0. The Balaban J connectivity index is 1.81. The van der Waals surface area contributed by atoms with Gasteiger partial charge < -0.3 is 28.6 Å². The van der Waals surface area contributed by atoms with E-state index < -0.39 is 17.7 Å². The summed E-state index contributed by atoms with van der Waals surface area (Å²) in [7, 11) is 0. The number of ketones is 1. The fraction of sp³-hybridized carbons (Fsp3) is 0.333. The topological polar surface area (TPSA) is 98.4 Å². The molecule has 1 saturated heterocycles. The van der Waals surface area contributed by atoms with Gasteiger partial charge >= 0.3 is 0 Å². The number of Topliss-reactive ketones (excluding diaryl/α,β-unsaturated/α-hetero) is 1. The average Bonchev–Trinajstić information content (AvgIpc) is 3.52. The number of carbonyl (C=O) groups is 2. The van der Waals surface area contributed by atoms with Crippen molar-refractivity contribution >= 4 is 17.4 Å². The standard InChI is InChI=1S/C30H33NO7/c1-4-7-16-38-24-15-12-21(18-25(24)36-6-3)27-26(28(32)20-10-13-22(14-11-20)35-5-2)29(33)30(34)31(27)19-23-9-8-17-37-23/h8-15,17-18,27,32H,4-7,16,19H2,1-3H3/b28-26+. The highest BCUT2D eigenvalue weighted by Gasteiger charge is 2.46. The minimum atomic E-state index is -0.865. The van der Waals surface area contributed by atoms with Crippen molar-refractivity contribution in [1.82, 2.24) is 4.90 Å². The maximum absolute atomic E-state index is 13.3. The van der Waals surface area contributed by atoms with E-state index in [-0.39, 0.29) is 17.9 Å². The second-order valence-corrected chi connectivity index (χ2v) is 8.80. The highest BCUT2D eigenvalue weighted by Crippen LogP contribution is 2.43.